The van der Waals surface area contributed by atoms with Crippen molar-refractivity contribution in [3.05, 3.63) is 34.9 Å². The topological polar surface area (TPSA) is 55.1 Å². The molecule has 0 unspecified atom stereocenters. The van der Waals surface area contributed by atoms with Gasteiger partial charge in [-0.15, -0.1) is 0 Å². The second-order valence-corrected chi connectivity index (χ2v) is 5.59. The number of amides is 1. The van der Waals surface area contributed by atoms with Crippen molar-refractivity contribution in [1.29, 1.82) is 0 Å². The Labute approximate surface area is 120 Å². The Bertz CT molecular complexity index is 562. The minimum absolute atomic E-state index is 0.0361. The molecule has 0 atom stereocenters. The molecule has 2 rings (SSSR count). The summed E-state index contributed by atoms with van der Waals surface area (Å²) >= 11 is 0. The second-order valence-electron chi connectivity index (χ2n) is 5.59. The van der Waals surface area contributed by atoms with E-state index in [1.54, 1.807) is 0 Å². The molecule has 1 aromatic rings. The van der Waals surface area contributed by atoms with Gasteiger partial charge in [-0.25, -0.2) is 0 Å². The second kappa shape index (κ2) is 6.11. The molecule has 1 aliphatic rings. The molecule has 1 fully saturated rings. The summed E-state index contributed by atoms with van der Waals surface area (Å²) in [5.41, 5.74) is 8.25. The highest BCUT2D eigenvalue weighted by molar-refractivity contribution is 5.96. The predicted octanol–water partition coefficient (Wildman–Crippen LogP) is 2.23. The zero-order valence-electron chi connectivity index (χ0n) is 12.3. The van der Waals surface area contributed by atoms with Crippen LogP contribution in [0.1, 0.15) is 47.7 Å². The van der Waals surface area contributed by atoms with E-state index in [-0.39, 0.29) is 5.91 Å². The van der Waals surface area contributed by atoms with Crippen LogP contribution in [0.5, 0.6) is 0 Å². The molecule has 3 N–H and O–H groups in total. The molecular formula is C17H22N2O. The molecule has 106 valence electrons. The summed E-state index contributed by atoms with van der Waals surface area (Å²) in [6.45, 7) is 5.24. The van der Waals surface area contributed by atoms with E-state index < -0.39 is 0 Å². The van der Waals surface area contributed by atoms with Crippen LogP contribution in [0.25, 0.3) is 0 Å². The average Bonchev–Trinajstić information content (AvgIpc) is 3.23. The average molecular weight is 270 g/mol. The lowest BCUT2D eigenvalue weighted by Gasteiger charge is -2.14. The van der Waals surface area contributed by atoms with Crippen molar-refractivity contribution in [3.8, 4) is 11.8 Å². The van der Waals surface area contributed by atoms with Crippen LogP contribution in [0, 0.1) is 24.2 Å². The van der Waals surface area contributed by atoms with Crippen LogP contribution in [0.15, 0.2) is 18.2 Å². The summed E-state index contributed by atoms with van der Waals surface area (Å²) in [7, 11) is 0. The molecule has 0 heterocycles. The fourth-order valence-electron chi connectivity index (χ4n) is 2.30. The van der Waals surface area contributed by atoms with Crippen LogP contribution in [-0.2, 0) is 0 Å². The fourth-order valence-corrected chi connectivity index (χ4v) is 2.30. The maximum absolute atomic E-state index is 12.3. The Balaban J connectivity index is 2.12. The third kappa shape index (κ3) is 3.40. The summed E-state index contributed by atoms with van der Waals surface area (Å²) < 4.78 is 0. The van der Waals surface area contributed by atoms with Crippen LogP contribution in [-0.4, -0.2) is 19.0 Å². The number of nitrogens with one attached hydrogen (secondary N) is 1. The Morgan fingerprint density at radius 1 is 1.45 bits per heavy atom. The SMILES string of the molecule is CCC1(CNC(=O)c2ccc(C)cc2C#CCN)CC1. The molecule has 0 aliphatic heterocycles. The molecule has 3 nitrogen and oxygen atoms in total. The lowest BCUT2D eigenvalue weighted by molar-refractivity contribution is 0.0944. The normalized spacial score (nSPS) is 15.2. The molecule has 1 aliphatic carbocycles. The highest BCUT2D eigenvalue weighted by atomic mass is 16.1. The van der Waals surface area contributed by atoms with E-state index in [0.29, 0.717) is 17.5 Å². The summed E-state index contributed by atoms with van der Waals surface area (Å²) in [5, 5.41) is 3.05. The van der Waals surface area contributed by atoms with Gasteiger partial charge in [0.05, 0.1) is 12.1 Å². The number of aryl methyl sites for hydroxylation is 1. The van der Waals surface area contributed by atoms with Crippen molar-refractivity contribution in [2.45, 2.75) is 33.1 Å². The van der Waals surface area contributed by atoms with E-state index in [9.17, 15) is 4.79 Å². The summed E-state index contributed by atoms with van der Waals surface area (Å²) in [6, 6.07) is 5.72. The van der Waals surface area contributed by atoms with Crippen molar-refractivity contribution in [2.24, 2.45) is 11.1 Å². The van der Waals surface area contributed by atoms with Gasteiger partial charge in [0, 0.05) is 12.1 Å². The number of carbonyl (C=O) groups excluding carboxylic acids is 1. The standard InChI is InChI=1S/C17H22N2O/c1-3-17(8-9-17)12-19-16(20)15-7-6-13(2)11-14(15)5-4-10-18/h6-7,11H,3,8-10,12,18H2,1-2H3,(H,19,20). The molecular weight excluding hydrogens is 248 g/mol. The zero-order valence-corrected chi connectivity index (χ0v) is 12.3. The first-order valence-electron chi connectivity index (χ1n) is 7.18. The minimum atomic E-state index is -0.0361. The third-order valence-corrected chi connectivity index (χ3v) is 4.08. The van der Waals surface area contributed by atoms with E-state index >= 15 is 0 Å². The van der Waals surface area contributed by atoms with Crippen molar-refractivity contribution < 1.29 is 4.79 Å². The van der Waals surface area contributed by atoms with E-state index in [1.165, 1.54) is 12.8 Å². The molecule has 1 saturated carbocycles. The van der Waals surface area contributed by atoms with Gasteiger partial charge < -0.3 is 11.1 Å². The summed E-state index contributed by atoms with van der Waals surface area (Å²) in [6.07, 6.45) is 3.57. The number of nitrogens with two attached hydrogens (primary N) is 1. The van der Waals surface area contributed by atoms with Gasteiger partial charge in [-0.05, 0) is 49.3 Å². The zero-order chi connectivity index (χ0) is 14.6. The lowest BCUT2D eigenvalue weighted by atomic mass is 10.0. The van der Waals surface area contributed by atoms with Gasteiger partial charge >= 0.3 is 0 Å². The molecule has 1 aromatic carbocycles. The molecule has 0 bridgehead atoms. The van der Waals surface area contributed by atoms with Crippen LogP contribution in [0.4, 0.5) is 0 Å². The van der Waals surface area contributed by atoms with Crippen LogP contribution in [0.3, 0.4) is 0 Å². The first-order chi connectivity index (χ1) is 9.60. The summed E-state index contributed by atoms with van der Waals surface area (Å²) in [5.74, 6) is 5.77. The monoisotopic (exact) mass is 270 g/mol. The Morgan fingerprint density at radius 2 is 2.20 bits per heavy atom. The molecule has 20 heavy (non-hydrogen) atoms. The number of hydrogen-bond donors (Lipinski definition) is 2. The smallest absolute Gasteiger partial charge is 0.252 e. The molecule has 1 amide bonds. The number of carbonyl (C=O) groups is 1. The molecule has 0 saturated heterocycles. The quantitative estimate of drug-likeness (QED) is 0.824. The van der Waals surface area contributed by atoms with E-state index in [0.717, 1.165) is 24.1 Å². The Kier molecular flexibility index (Phi) is 4.46. The molecule has 0 aromatic heterocycles. The number of benzene rings is 1. The maximum Gasteiger partial charge on any atom is 0.252 e. The fraction of sp³-hybridized carbons (Fsp3) is 0.471. The van der Waals surface area contributed by atoms with Crippen LogP contribution >= 0.6 is 0 Å². The highest BCUT2D eigenvalue weighted by Crippen LogP contribution is 2.47. The predicted molar refractivity (Wildman–Crippen MR) is 81.4 cm³/mol. The lowest BCUT2D eigenvalue weighted by Crippen LogP contribution is -2.30. The van der Waals surface area contributed by atoms with Gasteiger partial charge in [-0.3, -0.25) is 4.79 Å². The van der Waals surface area contributed by atoms with Crippen molar-refractivity contribution >= 4 is 5.91 Å². The largest absolute Gasteiger partial charge is 0.351 e. The van der Waals surface area contributed by atoms with Crippen molar-refractivity contribution in [3.63, 3.8) is 0 Å². The molecule has 3 heteroatoms. The Hall–Kier alpha value is -1.79. The van der Waals surface area contributed by atoms with Crippen molar-refractivity contribution in [1.82, 2.24) is 5.32 Å². The highest BCUT2D eigenvalue weighted by Gasteiger charge is 2.40. The minimum Gasteiger partial charge on any atom is -0.351 e. The van der Waals surface area contributed by atoms with E-state index in [4.69, 9.17) is 5.73 Å². The van der Waals surface area contributed by atoms with Gasteiger partial charge in [0.1, 0.15) is 0 Å². The maximum atomic E-state index is 12.3. The van der Waals surface area contributed by atoms with Gasteiger partial charge in [0.2, 0.25) is 0 Å². The van der Waals surface area contributed by atoms with Gasteiger partial charge in [-0.2, -0.15) is 0 Å². The van der Waals surface area contributed by atoms with Crippen LogP contribution in [0.2, 0.25) is 0 Å². The molecule has 0 radical (unpaired) electrons. The van der Waals surface area contributed by atoms with E-state index in [1.807, 2.05) is 25.1 Å². The van der Waals surface area contributed by atoms with Crippen molar-refractivity contribution in [2.75, 3.05) is 13.1 Å². The third-order valence-electron chi connectivity index (χ3n) is 4.08. The first kappa shape index (κ1) is 14.6. The van der Waals surface area contributed by atoms with E-state index in [2.05, 4.69) is 24.1 Å². The van der Waals surface area contributed by atoms with Crippen LogP contribution < -0.4 is 11.1 Å². The summed E-state index contributed by atoms with van der Waals surface area (Å²) in [4.78, 5) is 12.3. The number of hydrogen-bond acceptors (Lipinski definition) is 2. The van der Waals surface area contributed by atoms with Gasteiger partial charge in [0.15, 0.2) is 0 Å². The first-order valence-corrected chi connectivity index (χ1v) is 7.18. The Morgan fingerprint density at radius 3 is 2.80 bits per heavy atom. The van der Waals surface area contributed by atoms with Gasteiger partial charge in [0.25, 0.3) is 5.91 Å². The van der Waals surface area contributed by atoms with Gasteiger partial charge in [-0.1, -0.05) is 24.8 Å². The number of rotatable bonds is 4. The molecule has 0 spiro atoms.